The van der Waals surface area contributed by atoms with Crippen LogP contribution in [0.5, 0.6) is 0 Å². The lowest BCUT2D eigenvalue weighted by Crippen LogP contribution is -2.55. The summed E-state index contributed by atoms with van der Waals surface area (Å²) in [6.45, 7) is 3.99. The number of ether oxygens (including phenoxy) is 1. The second-order valence-corrected chi connectivity index (χ2v) is 4.92. The highest BCUT2D eigenvalue weighted by Gasteiger charge is 2.29. The van der Waals surface area contributed by atoms with Gasteiger partial charge in [-0.15, -0.1) is 0 Å². The second-order valence-electron chi connectivity index (χ2n) is 4.92. The molecule has 1 aliphatic heterocycles. The molecule has 18 heavy (non-hydrogen) atoms. The number of carbonyl (C=O) groups is 3. The third-order valence-corrected chi connectivity index (χ3v) is 2.50. The van der Waals surface area contributed by atoms with Gasteiger partial charge in [-0.25, -0.2) is 4.79 Å². The SMILES string of the molecule is COCC(C)(C)NC(=O)C1CCC(=O)NC(=O)N1. The van der Waals surface area contributed by atoms with Crippen molar-refractivity contribution in [2.45, 2.75) is 38.3 Å². The fourth-order valence-corrected chi connectivity index (χ4v) is 1.75. The van der Waals surface area contributed by atoms with Crippen LogP contribution in [0.25, 0.3) is 0 Å². The summed E-state index contributed by atoms with van der Waals surface area (Å²) >= 11 is 0. The molecular formula is C11H19N3O4. The van der Waals surface area contributed by atoms with Crippen LogP contribution in [0.3, 0.4) is 0 Å². The summed E-state index contributed by atoms with van der Waals surface area (Å²) in [5.74, 6) is -0.694. The number of methoxy groups -OCH3 is 1. The third kappa shape index (κ3) is 4.33. The molecule has 0 saturated carbocycles. The molecule has 7 heteroatoms. The van der Waals surface area contributed by atoms with Crippen molar-refractivity contribution in [3.05, 3.63) is 0 Å². The van der Waals surface area contributed by atoms with Crippen LogP contribution >= 0.6 is 0 Å². The lowest BCUT2D eigenvalue weighted by Gasteiger charge is -2.27. The van der Waals surface area contributed by atoms with Crippen molar-refractivity contribution in [3.8, 4) is 0 Å². The van der Waals surface area contributed by atoms with E-state index in [4.69, 9.17) is 4.74 Å². The number of carbonyl (C=O) groups excluding carboxylic acids is 3. The van der Waals surface area contributed by atoms with Crippen LogP contribution < -0.4 is 16.0 Å². The minimum atomic E-state index is -0.701. The van der Waals surface area contributed by atoms with E-state index in [1.54, 1.807) is 7.11 Å². The van der Waals surface area contributed by atoms with Gasteiger partial charge in [-0.3, -0.25) is 14.9 Å². The smallest absolute Gasteiger partial charge is 0.322 e. The second kappa shape index (κ2) is 5.81. The zero-order valence-corrected chi connectivity index (χ0v) is 10.8. The van der Waals surface area contributed by atoms with E-state index >= 15 is 0 Å². The summed E-state index contributed by atoms with van der Waals surface area (Å²) in [6.07, 6.45) is 0.425. The van der Waals surface area contributed by atoms with Crippen LogP contribution in [-0.4, -0.2) is 43.1 Å². The summed E-state index contributed by atoms with van der Waals surface area (Å²) in [5, 5.41) is 7.34. The van der Waals surface area contributed by atoms with E-state index in [1.807, 2.05) is 13.8 Å². The average Bonchev–Trinajstić information content (AvgIpc) is 2.38. The summed E-state index contributed by atoms with van der Waals surface area (Å²) in [7, 11) is 1.55. The molecule has 1 saturated heterocycles. The van der Waals surface area contributed by atoms with Crippen LogP contribution in [0.2, 0.25) is 0 Å². The first-order valence-electron chi connectivity index (χ1n) is 5.75. The Bertz CT molecular complexity index is 354. The Morgan fingerprint density at radius 3 is 2.78 bits per heavy atom. The Labute approximate surface area is 106 Å². The average molecular weight is 257 g/mol. The van der Waals surface area contributed by atoms with Crippen LogP contribution in [0.1, 0.15) is 26.7 Å². The number of urea groups is 1. The molecule has 1 atom stereocenters. The maximum absolute atomic E-state index is 12.0. The van der Waals surface area contributed by atoms with E-state index in [2.05, 4.69) is 16.0 Å². The van der Waals surface area contributed by atoms with Crippen LogP contribution in [-0.2, 0) is 14.3 Å². The van der Waals surface area contributed by atoms with Crippen molar-refractivity contribution in [1.29, 1.82) is 0 Å². The van der Waals surface area contributed by atoms with Crippen molar-refractivity contribution in [2.75, 3.05) is 13.7 Å². The molecule has 1 aliphatic rings. The van der Waals surface area contributed by atoms with Gasteiger partial charge in [0.15, 0.2) is 0 Å². The lowest BCUT2D eigenvalue weighted by atomic mass is 10.0. The van der Waals surface area contributed by atoms with E-state index in [1.165, 1.54) is 0 Å². The van der Waals surface area contributed by atoms with Crippen molar-refractivity contribution < 1.29 is 19.1 Å². The monoisotopic (exact) mass is 257 g/mol. The van der Waals surface area contributed by atoms with Gasteiger partial charge in [-0.1, -0.05) is 0 Å². The molecule has 0 spiro atoms. The normalized spacial score (nSPS) is 20.7. The van der Waals surface area contributed by atoms with Gasteiger partial charge in [-0.2, -0.15) is 0 Å². The number of amides is 4. The highest BCUT2D eigenvalue weighted by molar-refractivity contribution is 5.98. The molecule has 1 heterocycles. The molecule has 4 amide bonds. The van der Waals surface area contributed by atoms with Gasteiger partial charge >= 0.3 is 6.03 Å². The quantitative estimate of drug-likeness (QED) is 0.633. The molecule has 0 aromatic rings. The fourth-order valence-electron chi connectivity index (χ4n) is 1.75. The van der Waals surface area contributed by atoms with Gasteiger partial charge in [0.25, 0.3) is 0 Å². The first-order chi connectivity index (χ1) is 8.34. The maximum atomic E-state index is 12.0. The molecule has 1 unspecified atom stereocenters. The Morgan fingerprint density at radius 1 is 1.50 bits per heavy atom. The van der Waals surface area contributed by atoms with Gasteiger partial charge in [0, 0.05) is 13.5 Å². The number of hydrogen-bond donors (Lipinski definition) is 3. The Morgan fingerprint density at radius 2 is 2.17 bits per heavy atom. The van der Waals surface area contributed by atoms with E-state index < -0.39 is 17.6 Å². The van der Waals surface area contributed by atoms with E-state index in [9.17, 15) is 14.4 Å². The summed E-state index contributed by atoms with van der Waals surface area (Å²) in [5.41, 5.74) is -0.527. The minimum Gasteiger partial charge on any atom is -0.382 e. The largest absolute Gasteiger partial charge is 0.382 e. The highest BCUT2D eigenvalue weighted by Crippen LogP contribution is 2.06. The number of hydrogen-bond acceptors (Lipinski definition) is 4. The molecular weight excluding hydrogens is 238 g/mol. The Kier molecular flexibility index (Phi) is 4.66. The zero-order valence-electron chi connectivity index (χ0n) is 10.8. The zero-order chi connectivity index (χ0) is 13.8. The molecule has 0 bridgehead atoms. The summed E-state index contributed by atoms with van der Waals surface area (Å²) in [4.78, 5) is 34.4. The maximum Gasteiger partial charge on any atom is 0.322 e. The number of imide groups is 1. The van der Waals surface area contributed by atoms with E-state index in [-0.39, 0.29) is 24.7 Å². The third-order valence-electron chi connectivity index (χ3n) is 2.50. The standard InChI is InChI=1S/C11H19N3O4/c1-11(2,6-18-3)14-9(16)7-4-5-8(15)13-10(17)12-7/h7H,4-6H2,1-3H3,(H,14,16)(H2,12,13,15,17). The molecule has 0 radical (unpaired) electrons. The number of rotatable bonds is 4. The van der Waals surface area contributed by atoms with Gasteiger partial charge in [-0.05, 0) is 20.3 Å². The Balaban J connectivity index is 2.60. The molecule has 0 aromatic heterocycles. The predicted octanol–water partition coefficient (Wildman–Crippen LogP) is -0.484. The molecule has 0 aliphatic carbocycles. The molecule has 7 nitrogen and oxygen atoms in total. The van der Waals surface area contributed by atoms with Crippen molar-refractivity contribution >= 4 is 17.8 Å². The minimum absolute atomic E-state index is 0.140. The van der Waals surface area contributed by atoms with Gasteiger partial charge in [0.2, 0.25) is 11.8 Å². The molecule has 0 aromatic carbocycles. The van der Waals surface area contributed by atoms with Gasteiger partial charge in [0.05, 0.1) is 12.1 Å². The van der Waals surface area contributed by atoms with Crippen molar-refractivity contribution in [3.63, 3.8) is 0 Å². The van der Waals surface area contributed by atoms with Gasteiger partial charge in [0.1, 0.15) is 6.04 Å². The molecule has 102 valence electrons. The fraction of sp³-hybridized carbons (Fsp3) is 0.727. The summed E-state index contributed by atoms with van der Waals surface area (Å²) < 4.78 is 4.99. The van der Waals surface area contributed by atoms with Crippen LogP contribution in [0.15, 0.2) is 0 Å². The molecule has 1 fully saturated rings. The number of nitrogens with one attached hydrogen (secondary N) is 3. The topological polar surface area (TPSA) is 96.5 Å². The van der Waals surface area contributed by atoms with Crippen molar-refractivity contribution in [1.82, 2.24) is 16.0 Å². The van der Waals surface area contributed by atoms with E-state index in [0.29, 0.717) is 6.61 Å². The first-order valence-corrected chi connectivity index (χ1v) is 5.75. The van der Waals surface area contributed by atoms with Crippen molar-refractivity contribution in [2.24, 2.45) is 0 Å². The van der Waals surface area contributed by atoms with E-state index in [0.717, 1.165) is 0 Å². The van der Waals surface area contributed by atoms with Gasteiger partial charge < -0.3 is 15.4 Å². The van der Waals surface area contributed by atoms with Crippen LogP contribution in [0.4, 0.5) is 4.79 Å². The summed E-state index contributed by atoms with van der Waals surface area (Å²) in [6, 6.07) is -1.34. The molecule has 1 rings (SSSR count). The first kappa shape index (κ1) is 14.4. The predicted molar refractivity (Wildman–Crippen MR) is 63.8 cm³/mol. The van der Waals surface area contributed by atoms with Crippen LogP contribution in [0, 0.1) is 0 Å². The Hall–Kier alpha value is -1.63. The molecule has 3 N–H and O–H groups in total. The highest BCUT2D eigenvalue weighted by atomic mass is 16.5. The lowest BCUT2D eigenvalue weighted by molar-refractivity contribution is -0.125.